The van der Waals surface area contributed by atoms with E-state index in [0.717, 1.165) is 42.8 Å². The van der Waals surface area contributed by atoms with Crippen molar-refractivity contribution in [2.75, 3.05) is 13.2 Å². The summed E-state index contributed by atoms with van der Waals surface area (Å²) >= 11 is 3.51. The van der Waals surface area contributed by atoms with Crippen molar-refractivity contribution in [2.24, 2.45) is 0 Å². The molecule has 0 saturated heterocycles. The van der Waals surface area contributed by atoms with Crippen molar-refractivity contribution in [1.82, 2.24) is 5.32 Å². The first kappa shape index (κ1) is 16.3. The summed E-state index contributed by atoms with van der Waals surface area (Å²) in [7, 11) is 0. The SMILES string of the molecule is C=CCCCCCOc1ccc(Br)cc1CNCC. The van der Waals surface area contributed by atoms with Crippen LogP contribution in [0.5, 0.6) is 5.75 Å². The third-order valence-corrected chi connectivity index (χ3v) is 3.39. The molecule has 0 heterocycles. The molecule has 0 aliphatic rings. The zero-order chi connectivity index (χ0) is 13.9. The van der Waals surface area contributed by atoms with Crippen molar-refractivity contribution >= 4 is 15.9 Å². The maximum absolute atomic E-state index is 5.88. The highest BCUT2D eigenvalue weighted by Crippen LogP contribution is 2.23. The molecule has 0 saturated carbocycles. The second kappa shape index (κ2) is 10.0. The van der Waals surface area contributed by atoms with Gasteiger partial charge in [0.2, 0.25) is 0 Å². The lowest BCUT2D eigenvalue weighted by Gasteiger charge is -2.12. The number of halogens is 1. The number of unbranched alkanes of at least 4 members (excludes halogenated alkanes) is 3. The first-order valence-corrected chi connectivity index (χ1v) is 7.80. The van der Waals surface area contributed by atoms with E-state index in [1.165, 1.54) is 18.4 Å². The van der Waals surface area contributed by atoms with E-state index in [1.807, 2.05) is 18.2 Å². The van der Waals surface area contributed by atoms with Gasteiger partial charge in [-0.25, -0.2) is 0 Å². The summed E-state index contributed by atoms with van der Waals surface area (Å²) in [6.07, 6.45) is 6.58. The average molecular weight is 326 g/mol. The summed E-state index contributed by atoms with van der Waals surface area (Å²) in [5.74, 6) is 0.993. The second-order valence-corrected chi connectivity index (χ2v) is 5.43. The number of nitrogens with one attached hydrogen (secondary N) is 1. The van der Waals surface area contributed by atoms with Gasteiger partial charge in [0.25, 0.3) is 0 Å². The van der Waals surface area contributed by atoms with E-state index in [9.17, 15) is 0 Å². The van der Waals surface area contributed by atoms with E-state index in [-0.39, 0.29) is 0 Å². The van der Waals surface area contributed by atoms with Crippen LogP contribution in [0.1, 0.15) is 38.2 Å². The fourth-order valence-corrected chi connectivity index (χ4v) is 2.24. The third-order valence-electron chi connectivity index (χ3n) is 2.90. The summed E-state index contributed by atoms with van der Waals surface area (Å²) in [5, 5.41) is 3.34. The standard InChI is InChI=1S/C16H24BrNO/c1-3-5-6-7-8-11-19-16-10-9-15(17)12-14(16)13-18-4-2/h3,9-10,12,18H,1,4-8,11,13H2,2H3. The molecule has 2 nitrogen and oxygen atoms in total. The lowest BCUT2D eigenvalue weighted by molar-refractivity contribution is 0.302. The Labute approximate surface area is 125 Å². The smallest absolute Gasteiger partial charge is 0.123 e. The number of hydrogen-bond acceptors (Lipinski definition) is 2. The number of allylic oxidation sites excluding steroid dienone is 1. The molecule has 19 heavy (non-hydrogen) atoms. The number of rotatable bonds is 10. The van der Waals surface area contributed by atoms with Crippen LogP contribution in [0.4, 0.5) is 0 Å². The second-order valence-electron chi connectivity index (χ2n) is 4.52. The van der Waals surface area contributed by atoms with Gasteiger partial charge >= 0.3 is 0 Å². The Morgan fingerprint density at radius 2 is 2.16 bits per heavy atom. The van der Waals surface area contributed by atoms with Gasteiger partial charge in [-0.3, -0.25) is 0 Å². The van der Waals surface area contributed by atoms with Crippen molar-refractivity contribution in [1.29, 1.82) is 0 Å². The van der Waals surface area contributed by atoms with Crippen LogP contribution in [-0.2, 0) is 6.54 Å². The molecule has 0 aliphatic heterocycles. The Kier molecular flexibility index (Phi) is 8.59. The summed E-state index contributed by atoms with van der Waals surface area (Å²) in [6, 6.07) is 6.19. The van der Waals surface area contributed by atoms with Crippen LogP contribution in [0.25, 0.3) is 0 Å². The van der Waals surface area contributed by atoms with Crippen LogP contribution in [0.2, 0.25) is 0 Å². The van der Waals surface area contributed by atoms with Crippen LogP contribution < -0.4 is 10.1 Å². The highest BCUT2D eigenvalue weighted by atomic mass is 79.9. The normalized spacial score (nSPS) is 10.4. The van der Waals surface area contributed by atoms with Crippen LogP contribution >= 0.6 is 15.9 Å². The monoisotopic (exact) mass is 325 g/mol. The number of ether oxygens (including phenoxy) is 1. The summed E-state index contributed by atoms with van der Waals surface area (Å²) in [5.41, 5.74) is 1.21. The Hall–Kier alpha value is -0.800. The van der Waals surface area contributed by atoms with Gasteiger partial charge < -0.3 is 10.1 Å². The molecule has 3 heteroatoms. The minimum atomic E-state index is 0.790. The van der Waals surface area contributed by atoms with E-state index in [2.05, 4.69) is 40.8 Å². The van der Waals surface area contributed by atoms with Crippen LogP contribution in [0, 0.1) is 0 Å². The average Bonchev–Trinajstić information content (AvgIpc) is 2.42. The molecule has 1 N–H and O–H groups in total. The molecule has 0 aromatic heterocycles. The topological polar surface area (TPSA) is 21.3 Å². The summed E-state index contributed by atoms with van der Waals surface area (Å²) in [4.78, 5) is 0. The van der Waals surface area contributed by atoms with Gasteiger partial charge in [-0.15, -0.1) is 6.58 Å². The van der Waals surface area contributed by atoms with Gasteiger partial charge in [0.05, 0.1) is 6.61 Å². The van der Waals surface area contributed by atoms with Crippen LogP contribution in [0.15, 0.2) is 35.3 Å². The van der Waals surface area contributed by atoms with Gasteiger partial charge in [-0.1, -0.05) is 28.9 Å². The van der Waals surface area contributed by atoms with Crippen LogP contribution in [-0.4, -0.2) is 13.2 Å². The fourth-order valence-electron chi connectivity index (χ4n) is 1.84. The lowest BCUT2D eigenvalue weighted by Crippen LogP contribution is -2.13. The predicted octanol–water partition coefficient (Wildman–Crippen LogP) is 4.68. The first-order valence-electron chi connectivity index (χ1n) is 7.00. The molecule has 0 unspecified atom stereocenters. The van der Waals surface area contributed by atoms with Crippen molar-refractivity contribution in [2.45, 2.75) is 39.2 Å². The lowest BCUT2D eigenvalue weighted by atomic mass is 10.2. The van der Waals surface area contributed by atoms with Crippen molar-refractivity contribution in [3.05, 3.63) is 40.9 Å². The van der Waals surface area contributed by atoms with Gasteiger partial charge in [0, 0.05) is 16.6 Å². The molecule has 106 valence electrons. The number of benzene rings is 1. The predicted molar refractivity (Wildman–Crippen MR) is 85.7 cm³/mol. The zero-order valence-corrected chi connectivity index (χ0v) is 13.3. The maximum atomic E-state index is 5.88. The van der Waals surface area contributed by atoms with Gasteiger partial charge in [0.1, 0.15) is 5.75 Å². The van der Waals surface area contributed by atoms with E-state index in [0.29, 0.717) is 0 Å². The van der Waals surface area contributed by atoms with E-state index < -0.39 is 0 Å². The fraction of sp³-hybridized carbons (Fsp3) is 0.500. The highest BCUT2D eigenvalue weighted by Gasteiger charge is 2.04. The van der Waals surface area contributed by atoms with Gasteiger partial charge in [0.15, 0.2) is 0 Å². The maximum Gasteiger partial charge on any atom is 0.123 e. The Balaban J connectivity index is 2.40. The minimum absolute atomic E-state index is 0.790. The molecule has 0 amide bonds. The molecule has 0 bridgehead atoms. The molecule has 0 spiro atoms. The molecule has 1 rings (SSSR count). The Morgan fingerprint density at radius 1 is 1.32 bits per heavy atom. The van der Waals surface area contributed by atoms with E-state index >= 15 is 0 Å². The van der Waals surface area contributed by atoms with Crippen LogP contribution in [0.3, 0.4) is 0 Å². The molecular weight excluding hydrogens is 302 g/mol. The van der Waals surface area contributed by atoms with E-state index in [4.69, 9.17) is 4.74 Å². The summed E-state index contributed by atoms with van der Waals surface area (Å²) < 4.78 is 6.98. The van der Waals surface area contributed by atoms with Gasteiger partial charge in [-0.05, 0) is 50.4 Å². The van der Waals surface area contributed by atoms with E-state index in [1.54, 1.807) is 0 Å². The Bertz CT molecular complexity index is 379. The molecular formula is C16H24BrNO. The quantitative estimate of drug-likeness (QED) is 0.498. The molecule has 0 aliphatic carbocycles. The van der Waals surface area contributed by atoms with Crippen molar-refractivity contribution < 1.29 is 4.74 Å². The van der Waals surface area contributed by atoms with Gasteiger partial charge in [-0.2, -0.15) is 0 Å². The molecule has 0 fully saturated rings. The largest absolute Gasteiger partial charge is 0.493 e. The third kappa shape index (κ3) is 6.79. The minimum Gasteiger partial charge on any atom is -0.493 e. The highest BCUT2D eigenvalue weighted by molar-refractivity contribution is 9.10. The van der Waals surface area contributed by atoms with Crippen molar-refractivity contribution in [3.63, 3.8) is 0 Å². The van der Waals surface area contributed by atoms with Crippen molar-refractivity contribution in [3.8, 4) is 5.75 Å². The summed E-state index contributed by atoms with van der Waals surface area (Å²) in [6.45, 7) is 8.45. The first-order chi connectivity index (χ1) is 9.27. The molecule has 0 atom stereocenters. The molecule has 1 aromatic carbocycles. The molecule has 0 radical (unpaired) electrons. The number of hydrogen-bond donors (Lipinski definition) is 1. The molecule has 1 aromatic rings. The zero-order valence-electron chi connectivity index (χ0n) is 11.8. The Morgan fingerprint density at radius 3 is 2.89 bits per heavy atom.